The molecule has 76 heavy (non-hydrogen) atoms. The van der Waals surface area contributed by atoms with E-state index in [9.17, 15) is 24.6 Å². The summed E-state index contributed by atoms with van der Waals surface area (Å²) < 4.78 is 21.8. The van der Waals surface area contributed by atoms with Crippen LogP contribution in [-0.4, -0.2) is 59.9 Å². The number of alkyl halides is 1. The molecule has 0 spiro atoms. The van der Waals surface area contributed by atoms with Gasteiger partial charge < -0.3 is 30.6 Å². The molecular formula is C66H90BrO9-. The summed E-state index contributed by atoms with van der Waals surface area (Å²) in [5, 5.41) is 19.7. The number of halogens is 1. The van der Waals surface area contributed by atoms with Crippen LogP contribution in [0.4, 0.5) is 0 Å². The number of benzene rings is 6. The van der Waals surface area contributed by atoms with E-state index in [1.54, 1.807) is 19.1 Å². The largest absolute Gasteiger partial charge is 1.00 e. The lowest BCUT2D eigenvalue weighted by molar-refractivity contribution is -0.144. The second kappa shape index (κ2) is 39.1. The predicted octanol–water partition coefficient (Wildman–Crippen LogP) is 17.2. The number of rotatable bonds is 24. The Kier molecular flexibility index (Phi) is 34.8. The molecule has 0 saturated heterocycles. The van der Waals surface area contributed by atoms with Gasteiger partial charge in [0.25, 0.3) is 0 Å². The van der Waals surface area contributed by atoms with E-state index in [0.29, 0.717) is 44.5 Å². The maximum atomic E-state index is 12.0. The van der Waals surface area contributed by atoms with Crippen molar-refractivity contribution in [3.05, 3.63) is 197 Å². The molecule has 6 unspecified atom stereocenters. The second-order valence-corrected chi connectivity index (χ2v) is 19.2. The Hall–Kier alpha value is -6.39. The molecule has 0 bridgehead atoms. The third-order valence-corrected chi connectivity index (χ3v) is 13.7. The lowest BCUT2D eigenvalue weighted by atomic mass is 9.88. The van der Waals surface area contributed by atoms with Crippen LogP contribution in [0.5, 0.6) is 17.2 Å². The van der Waals surface area contributed by atoms with Gasteiger partial charge in [-0.05, 0) is 101 Å². The monoisotopic (exact) mass is 1110 g/mol. The Labute approximate surface area is 467 Å². The number of hydrogen-bond donors (Lipinski definition) is 2. The minimum atomic E-state index is -0.795. The van der Waals surface area contributed by atoms with Crippen LogP contribution >= 0.6 is 15.9 Å². The highest BCUT2D eigenvalue weighted by Gasteiger charge is 2.21. The van der Waals surface area contributed by atoms with Crippen LogP contribution in [-0.2, 0) is 23.9 Å². The van der Waals surface area contributed by atoms with Gasteiger partial charge in [0.05, 0.1) is 45.7 Å². The molecule has 0 amide bonds. The van der Waals surface area contributed by atoms with Crippen molar-refractivity contribution in [2.24, 2.45) is 17.8 Å². The van der Waals surface area contributed by atoms with Crippen LogP contribution < -0.4 is 9.47 Å². The van der Waals surface area contributed by atoms with E-state index in [0.717, 1.165) is 75.6 Å². The number of esters is 2. The minimum absolute atomic E-state index is 0. The van der Waals surface area contributed by atoms with Gasteiger partial charge >= 0.3 is 17.9 Å². The molecule has 0 aliphatic rings. The molecule has 9 nitrogen and oxygen atoms in total. The van der Waals surface area contributed by atoms with Crippen LogP contribution in [0.15, 0.2) is 164 Å². The lowest BCUT2D eigenvalue weighted by Gasteiger charge is -2.18. The molecule has 6 aromatic carbocycles. The average molecular weight is 1110 g/mol. The van der Waals surface area contributed by atoms with Crippen molar-refractivity contribution in [1.29, 1.82) is 0 Å². The first-order valence-electron chi connectivity index (χ1n) is 26.2. The number of aromatic hydroxyl groups is 1. The van der Waals surface area contributed by atoms with Crippen molar-refractivity contribution in [3.8, 4) is 17.2 Å². The van der Waals surface area contributed by atoms with Crippen LogP contribution in [0.2, 0.25) is 0 Å². The van der Waals surface area contributed by atoms with Crippen LogP contribution in [0, 0.1) is 17.8 Å². The minimum Gasteiger partial charge on any atom is -1.00 e. The highest BCUT2D eigenvalue weighted by Crippen LogP contribution is 2.32. The quantitative estimate of drug-likeness (QED) is 0.0450. The number of hydrogen-bond acceptors (Lipinski definition) is 8. The molecule has 0 aromatic heterocycles. The average Bonchev–Trinajstić information content (AvgIpc) is 3.43. The molecule has 0 fully saturated rings. The molecule has 0 aliphatic heterocycles. The summed E-state index contributed by atoms with van der Waals surface area (Å²) in [7, 11) is 0. The molecule has 2 N–H and O–H groups in total. The molecule has 0 radical (unpaired) electrons. The van der Waals surface area contributed by atoms with Gasteiger partial charge in [-0.2, -0.15) is 0 Å². The first kappa shape index (κ1) is 67.6. The van der Waals surface area contributed by atoms with Crippen molar-refractivity contribution in [3.63, 3.8) is 0 Å². The van der Waals surface area contributed by atoms with Gasteiger partial charge in [-0.15, -0.1) is 0 Å². The lowest BCUT2D eigenvalue weighted by Crippen LogP contribution is -2.12. The summed E-state index contributed by atoms with van der Waals surface area (Å²) in [6.07, 6.45) is 4.19. The normalized spacial score (nSPS) is 12.6. The zero-order valence-corrected chi connectivity index (χ0v) is 46.5. The summed E-state index contributed by atoms with van der Waals surface area (Å²) in [6.45, 7) is 18.9. The van der Waals surface area contributed by atoms with Crippen molar-refractivity contribution >= 4 is 33.8 Å². The van der Waals surface area contributed by atoms with Gasteiger partial charge in [0.2, 0.25) is 0 Å². The third-order valence-electron chi connectivity index (χ3n) is 12.6. The molecule has 6 atom stereocenters. The fraction of sp³-hybridized carbons (Fsp3) is 0.409. The third kappa shape index (κ3) is 25.9. The molecule has 6 aromatic rings. The van der Waals surface area contributed by atoms with E-state index in [-0.39, 0.29) is 58.1 Å². The fourth-order valence-corrected chi connectivity index (χ4v) is 7.87. The summed E-state index contributed by atoms with van der Waals surface area (Å²) in [5.41, 5.74) is 6.27. The van der Waals surface area contributed by atoms with Crippen molar-refractivity contribution in [2.45, 2.75) is 127 Å². The Morgan fingerprint density at radius 3 is 1.00 bits per heavy atom. The summed E-state index contributed by atoms with van der Waals surface area (Å²) in [5.74, 6) is 2.44. The van der Waals surface area contributed by atoms with Gasteiger partial charge in [-0.1, -0.05) is 219 Å². The van der Waals surface area contributed by atoms with E-state index in [2.05, 4.69) is 69.6 Å². The van der Waals surface area contributed by atoms with Crippen LogP contribution in [0.1, 0.15) is 161 Å². The number of carbonyl (C=O) groups excluding carboxylic acids is 2. The Morgan fingerprint density at radius 2 is 0.737 bits per heavy atom. The second-order valence-electron chi connectivity index (χ2n) is 18.6. The van der Waals surface area contributed by atoms with Gasteiger partial charge in [0, 0.05) is 23.1 Å². The topological polar surface area (TPSA) is 129 Å². The van der Waals surface area contributed by atoms with E-state index < -0.39 is 5.97 Å². The van der Waals surface area contributed by atoms with E-state index in [1.165, 1.54) is 6.42 Å². The van der Waals surface area contributed by atoms with Gasteiger partial charge in [0.1, 0.15) is 17.2 Å². The fourth-order valence-electron chi connectivity index (χ4n) is 7.41. The van der Waals surface area contributed by atoms with Crippen molar-refractivity contribution in [1.82, 2.24) is 0 Å². The number of phenolic OH excluding ortho intramolecular Hbond substituents is 1. The standard InChI is InChI=1S/C22H28O3.C20H24O3.C17H18O3.C5H11Br.2CH4.H/c1-4-17(3)16-25-20-13-11-19(12-14-20)21(15-22(23)24-5-2)18-9-7-6-8-10-18;1-3-15(2)14-23-18-11-9-17(10-12-18)19(13-20(21)22)16-7-5-4-6-8-16;1-2-20-17(19)12-16(13-6-4-3-5-7-13)14-8-10-15(18)11-9-14;1-3-5(2)4-6;;;/h6-14,17,21H,4-5,15-16H2,1-3H3;4-12,15,19H,3,13-14H2,1-2H3,(H,21,22);3-11,16,18H,2,12H2,1H3;5H,3-4H2,1-2H3;2*1H4;/q;;;;;;-1/i;;;;;;1+1. The molecule has 0 heterocycles. The van der Waals surface area contributed by atoms with E-state index in [4.69, 9.17) is 18.9 Å². The molecule has 416 valence electrons. The molecule has 0 aliphatic carbocycles. The smallest absolute Gasteiger partial charge is 0.306 e. The summed E-state index contributed by atoms with van der Waals surface area (Å²) in [6, 6.07) is 52.5. The van der Waals surface area contributed by atoms with E-state index >= 15 is 0 Å². The van der Waals surface area contributed by atoms with Crippen molar-refractivity contribution < 1.29 is 45.0 Å². The number of carboxylic acids is 1. The van der Waals surface area contributed by atoms with Crippen LogP contribution in [0.25, 0.3) is 0 Å². The highest BCUT2D eigenvalue weighted by molar-refractivity contribution is 9.09. The van der Waals surface area contributed by atoms with Crippen LogP contribution in [0.3, 0.4) is 0 Å². The molecule has 6 rings (SSSR count). The van der Waals surface area contributed by atoms with Gasteiger partial charge in [-0.25, -0.2) is 0 Å². The molecule has 0 saturated carbocycles. The first-order valence-corrected chi connectivity index (χ1v) is 27.4. The zero-order chi connectivity index (χ0) is 54.1. The maximum Gasteiger partial charge on any atom is 0.306 e. The Balaban J connectivity index is 0.00000105. The van der Waals surface area contributed by atoms with E-state index in [1.807, 2.05) is 146 Å². The maximum absolute atomic E-state index is 12.0. The SMILES string of the molecule is C.C.CCC(C)CBr.CCC(C)COc1ccc(C(CC(=O)O)c2ccccc2)cc1.CCOC(=O)CC(c1ccccc1)c1ccc(O)cc1.CCOC(=O)CC(c1ccccc1)c1ccc(OCC(C)CC)cc1.[2H-]. The molecular weight excluding hydrogens is 1020 g/mol. The number of phenols is 1. The number of aliphatic carboxylic acids is 1. The summed E-state index contributed by atoms with van der Waals surface area (Å²) in [4.78, 5) is 35.0. The number of carbonyl (C=O) groups is 3. The predicted molar refractivity (Wildman–Crippen MR) is 318 cm³/mol. The number of carboxylic acid groups (broad SMARTS) is 1. The Bertz CT molecular complexity index is 2420. The van der Waals surface area contributed by atoms with Gasteiger partial charge in [-0.3, -0.25) is 14.4 Å². The number of ether oxygens (including phenoxy) is 4. The molecule has 10 heteroatoms. The Morgan fingerprint density at radius 1 is 0.447 bits per heavy atom. The zero-order valence-electron chi connectivity index (χ0n) is 46.0. The van der Waals surface area contributed by atoms with Crippen molar-refractivity contribution in [2.75, 3.05) is 31.8 Å². The first-order chi connectivity index (χ1) is 35.7. The highest BCUT2D eigenvalue weighted by atomic mass is 79.9. The van der Waals surface area contributed by atoms with Gasteiger partial charge in [0.15, 0.2) is 0 Å². The summed E-state index contributed by atoms with van der Waals surface area (Å²) >= 11 is 3.37.